The van der Waals surface area contributed by atoms with E-state index in [2.05, 4.69) is 0 Å². The van der Waals surface area contributed by atoms with Crippen LogP contribution in [0.2, 0.25) is 0 Å². The van der Waals surface area contributed by atoms with Gasteiger partial charge in [0, 0.05) is 0 Å². The molecule has 0 rings (SSSR count). The maximum atomic E-state index is 13.4. The normalized spacial score (nSPS) is 17.7. The second kappa shape index (κ2) is 7.79. The summed E-state index contributed by atoms with van der Waals surface area (Å²) in [5, 5.41) is -7.96. The number of rotatable bonds is 10. The SMILES string of the molecule is CC(F)C(F)(F)C(F)(F)C(F)(F)C(F)(F)C(F)(F)C(F)(F)C(F)(F)C(F)(F)C(F)(F)S(=O)(=O)O. The molecule has 0 aliphatic carbocycles. The molecular weight excluding hydrogens is 573 g/mol. The summed E-state index contributed by atoms with van der Waals surface area (Å²) < 4.78 is 278. The Morgan fingerprint density at radius 3 is 0.912 bits per heavy atom. The first kappa shape index (κ1) is 32.6. The molecule has 0 aromatic heterocycles. The summed E-state index contributed by atoms with van der Waals surface area (Å²) in [6, 6.07) is 0. The van der Waals surface area contributed by atoms with Crippen molar-refractivity contribution in [3.05, 3.63) is 0 Å². The Morgan fingerprint density at radius 1 is 0.500 bits per heavy atom. The zero-order valence-electron chi connectivity index (χ0n) is 14.9. The zero-order valence-corrected chi connectivity index (χ0v) is 15.7. The van der Waals surface area contributed by atoms with E-state index in [-0.39, 0.29) is 0 Å². The molecule has 1 N–H and O–H groups in total. The number of hydrogen-bond donors (Lipinski definition) is 1. The highest BCUT2D eigenvalue weighted by Gasteiger charge is 2.97. The molecule has 0 aromatic carbocycles. The first-order chi connectivity index (χ1) is 14.2. The molecule has 1 unspecified atom stereocenters. The van der Waals surface area contributed by atoms with Crippen molar-refractivity contribution in [2.24, 2.45) is 0 Å². The van der Waals surface area contributed by atoms with E-state index in [1.165, 1.54) is 0 Å². The Kier molecular flexibility index (Phi) is 7.46. The molecular formula is C11H5F19O3S. The van der Waals surface area contributed by atoms with Gasteiger partial charge < -0.3 is 0 Å². The Balaban J connectivity index is 7.14. The van der Waals surface area contributed by atoms with Crippen molar-refractivity contribution >= 4 is 10.1 Å². The van der Waals surface area contributed by atoms with E-state index in [1.807, 2.05) is 0 Å². The predicted octanol–water partition coefficient (Wildman–Crippen LogP) is 5.91. The fourth-order valence-corrected chi connectivity index (χ4v) is 2.24. The van der Waals surface area contributed by atoms with Gasteiger partial charge in [-0.1, -0.05) is 0 Å². The van der Waals surface area contributed by atoms with Crippen molar-refractivity contribution in [1.29, 1.82) is 0 Å². The van der Waals surface area contributed by atoms with E-state index < -0.39 is 75.8 Å². The van der Waals surface area contributed by atoms with Gasteiger partial charge in [-0.2, -0.15) is 87.4 Å². The lowest BCUT2D eigenvalue weighted by atomic mass is 9.87. The molecule has 1 atom stereocenters. The highest BCUT2D eigenvalue weighted by molar-refractivity contribution is 7.87. The lowest BCUT2D eigenvalue weighted by Gasteiger charge is -2.44. The van der Waals surface area contributed by atoms with Crippen LogP contribution in [0.25, 0.3) is 0 Å². The molecule has 206 valence electrons. The topological polar surface area (TPSA) is 54.4 Å². The molecule has 0 aliphatic heterocycles. The van der Waals surface area contributed by atoms with Gasteiger partial charge in [0.1, 0.15) is 0 Å². The van der Waals surface area contributed by atoms with Crippen LogP contribution >= 0.6 is 0 Å². The molecule has 0 radical (unpaired) electrons. The molecule has 23 heteroatoms. The van der Waals surface area contributed by atoms with Gasteiger partial charge in [-0.25, -0.2) is 4.39 Å². The van der Waals surface area contributed by atoms with E-state index in [0.717, 1.165) is 0 Å². The summed E-state index contributed by atoms with van der Waals surface area (Å²) in [6.07, 6.45) is -4.67. The van der Waals surface area contributed by atoms with Gasteiger partial charge in [-0.15, -0.1) is 0 Å². The van der Waals surface area contributed by atoms with E-state index in [0.29, 0.717) is 0 Å². The molecule has 0 saturated carbocycles. The standard InChI is InChI=1S/C11H5F19O3S/c1-2(12)3(13,14)4(15,16)5(17,18)6(19,20)7(21,22)8(23,24)9(25,26)10(27,28)11(29,30)34(31,32)33/h2H,1H3,(H,31,32,33). The van der Waals surface area contributed by atoms with E-state index in [1.54, 1.807) is 0 Å². The third-order valence-electron chi connectivity index (χ3n) is 3.97. The van der Waals surface area contributed by atoms with E-state index in [4.69, 9.17) is 4.55 Å². The third kappa shape index (κ3) is 3.65. The summed E-state index contributed by atoms with van der Waals surface area (Å²) >= 11 is 0. The number of halogens is 19. The summed E-state index contributed by atoms with van der Waals surface area (Å²) in [7, 11) is -8.00. The van der Waals surface area contributed by atoms with E-state index in [9.17, 15) is 91.8 Å². The van der Waals surface area contributed by atoms with Crippen molar-refractivity contribution in [1.82, 2.24) is 0 Å². The van der Waals surface area contributed by atoms with Crippen molar-refractivity contribution in [2.45, 2.75) is 65.7 Å². The van der Waals surface area contributed by atoms with Crippen LogP contribution in [0.15, 0.2) is 0 Å². The van der Waals surface area contributed by atoms with Gasteiger partial charge in [0.2, 0.25) is 0 Å². The summed E-state index contributed by atoms with van der Waals surface area (Å²) in [4.78, 5) is 0. The molecule has 0 bridgehead atoms. The van der Waals surface area contributed by atoms with Gasteiger partial charge >= 0.3 is 62.8 Å². The molecule has 3 nitrogen and oxygen atoms in total. The lowest BCUT2D eigenvalue weighted by molar-refractivity contribution is -0.460. The highest BCUT2D eigenvalue weighted by atomic mass is 32.2. The average Bonchev–Trinajstić information content (AvgIpc) is 2.58. The maximum Gasteiger partial charge on any atom is 0.438 e. The molecule has 34 heavy (non-hydrogen) atoms. The summed E-state index contributed by atoms with van der Waals surface area (Å²) in [5.41, 5.74) is 0. The predicted molar refractivity (Wildman–Crippen MR) is 66.6 cm³/mol. The quantitative estimate of drug-likeness (QED) is 0.259. The van der Waals surface area contributed by atoms with Crippen LogP contribution in [0.1, 0.15) is 6.92 Å². The minimum Gasteiger partial charge on any atom is -0.281 e. The molecule has 0 aromatic rings. The first-order valence-corrected chi connectivity index (χ1v) is 8.65. The van der Waals surface area contributed by atoms with Crippen LogP contribution in [0.3, 0.4) is 0 Å². The van der Waals surface area contributed by atoms with Crippen LogP contribution in [-0.4, -0.2) is 71.8 Å². The number of alkyl halides is 19. The largest absolute Gasteiger partial charge is 0.438 e. The Labute approximate surface area is 173 Å². The summed E-state index contributed by atoms with van der Waals surface area (Å²) in [5.74, 6) is -68.8. The average molecular weight is 578 g/mol. The van der Waals surface area contributed by atoms with Gasteiger partial charge in [-0.05, 0) is 6.92 Å². The van der Waals surface area contributed by atoms with Gasteiger partial charge in [-0.3, -0.25) is 4.55 Å². The van der Waals surface area contributed by atoms with Gasteiger partial charge in [0.15, 0.2) is 6.17 Å². The fourth-order valence-electron chi connectivity index (χ4n) is 1.79. The van der Waals surface area contributed by atoms with Crippen LogP contribution in [0.5, 0.6) is 0 Å². The van der Waals surface area contributed by atoms with Crippen LogP contribution in [0, 0.1) is 0 Å². The smallest absolute Gasteiger partial charge is 0.281 e. The molecule has 0 aliphatic rings. The number of hydrogen-bond acceptors (Lipinski definition) is 2. The molecule has 0 spiro atoms. The first-order valence-electron chi connectivity index (χ1n) is 7.21. The Hall–Kier alpha value is -1.42. The highest BCUT2D eigenvalue weighted by Crippen LogP contribution is 2.65. The Bertz CT molecular complexity index is 874. The zero-order chi connectivity index (χ0) is 28.6. The Morgan fingerprint density at radius 2 is 0.706 bits per heavy atom. The lowest BCUT2D eigenvalue weighted by Crippen LogP contribution is -2.76. The van der Waals surface area contributed by atoms with Crippen molar-refractivity contribution < 1.29 is 96.4 Å². The second-order valence-corrected chi connectivity index (χ2v) is 7.71. The third-order valence-corrected chi connectivity index (χ3v) is 4.88. The van der Waals surface area contributed by atoms with Crippen LogP contribution in [-0.2, 0) is 10.1 Å². The minimum atomic E-state index is -9.12. The minimum absolute atomic E-state index is 0.791. The van der Waals surface area contributed by atoms with Gasteiger partial charge in [0.25, 0.3) is 0 Å². The molecule has 0 heterocycles. The van der Waals surface area contributed by atoms with Crippen LogP contribution < -0.4 is 0 Å². The molecule has 0 amide bonds. The summed E-state index contributed by atoms with van der Waals surface area (Å²) in [6.45, 7) is -0.791. The van der Waals surface area contributed by atoms with Crippen molar-refractivity contribution in [2.75, 3.05) is 0 Å². The van der Waals surface area contributed by atoms with E-state index >= 15 is 0 Å². The molecule has 0 fully saturated rings. The van der Waals surface area contributed by atoms with Crippen LogP contribution in [0.4, 0.5) is 83.4 Å². The van der Waals surface area contributed by atoms with Gasteiger partial charge in [0.05, 0.1) is 0 Å². The fraction of sp³-hybridized carbons (Fsp3) is 1.00. The maximum absolute atomic E-state index is 13.4. The monoisotopic (exact) mass is 578 g/mol. The molecule has 0 saturated heterocycles. The second-order valence-electron chi connectivity index (χ2n) is 6.25. The van der Waals surface area contributed by atoms with Crippen molar-refractivity contribution in [3.8, 4) is 0 Å². The van der Waals surface area contributed by atoms with Crippen molar-refractivity contribution in [3.63, 3.8) is 0 Å².